The number of rotatable bonds is 4. The highest BCUT2D eigenvalue weighted by atomic mass is 16.2. The highest BCUT2D eigenvalue weighted by molar-refractivity contribution is 6.05. The average Bonchev–Trinajstić information content (AvgIpc) is 3.16. The Morgan fingerprint density at radius 3 is 2.96 bits per heavy atom. The number of hydrogen-bond acceptors (Lipinski definition) is 5. The van der Waals surface area contributed by atoms with Crippen molar-refractivity contribution in [3.8, 4) is 0 Å². The largest absolute Gasteiger partial charge is 0.322 e. The Bertz CT molecular complexity index is 850. The molecule has 148 valence electrons. The minimum atomic E-state index is -0.554. The van der Waals surface area contributed by atoms with Crippen molar-refractivity contribution >= 4 is 17.7 Å². The summed E-state index contributed by atoms with van der Waals surface area (Å²) >= 11 is 0. The van der Waals surface area contributed by atoms with Gasteiger partial charge in [-0.3, -0.25) is 19.7 Å². The Balaban J connectivity index is 1.28. The van der Waals surface area contributed by atoms with Crippen LogP contribution in [0.1, 0.15) is 60.0 Å². The molecular weight excluding hydrogens is 356 g/mol. The Kier molecular flexibility index (Phi) is 4.25. The lowest BCUT2D eigenvalue weighted by atomic mass is 9.83. The van der Waals surface area contributed by atoms with E-state index in [9.17, 15) is 14.4 Å². The van der Waals surface area contributed by atoms with Crippen molar-refractivity contribution in [1.29, 1.82) is 0 Å². The number of piperidine rings is 1. The standard InChI is InChI=1S/C21H26N4O3/c26-18-6-5-17(19(27)24-18)25-11-14-8-13(3-4-16(14)20(25)28)10-23-21-7-1-2-15(9-21)22-12-21/h3-4,8,15,17,22-23H,1-2,5-7,9-12H2,(H,24,26,27). The molecule has 1 aromatic rings. The molecule has 0 spiro atoms. The van der Waals surface area contributed by atoms with Crippen LogP contribution in [0.5, 0.6) is 0 Å². The third-order valence-electron chi connectivity index (χ3n) is 6.83. The summed E-state index contributed by atoms with van der Waals surface area (Å²) in [6, 6.07) is 6.08. The molecule has 0 radical (unpaired) electrons. The summed E-state index contributed by atoms with van der Waals surface area (Å²) in [6.45, 7) is 2.25. The second-order valence-electron chi connectivity index (χ2n) is 8.70. The number of benzene rings is 1. The average molecular weight is 382 g/mol. The number of nitrogens with one attached hydrogen (secondary N) is 3. The SMILES string of the molecule is O=C1CCC(N2Cc3cc(CNC45CCCC(C4)NC5)ccc3C2=O)C(=O)N1. The van der Waals surface area contributed by atoms with Crippen molar-refractivity contribution < 1.29 is 14.4 Å². The molecule has 3 fully saturated rings. The number of carbonyl (C=O) groups excluding carboxylic acids is 3. The van der Waals surface area contributed by atoms with E-state index in [2.05, 4.69) is 22.0 Å². The van der Waals surface area contributed by atoms with Gasteiger partial charge in [0.05, 0.1) is 0 Å². The molecule has 3 unspecified atom stereocenters. The van der Waals surface area contributed by atoms with Crippen LogP contribution in [-0.4, -0.2) is 46.8 Å². The number of carbonyl (C=O) groups is 3. The van der Waals surface area contributed by atoms with Crippen molar-refractivity contribution in [2.75, 3.05) is 6.54 Å². The molecule has 7 heteroatoms. The summed E-state index contributed by atoms with van der Waals surface area (Å²) in [5, 5.41) is 9.73. The van der Waals surface area contributed by atoms with Crippen molar-refractivity contribution in [3.63, 3.8) is 0 Å². The molecule has 5 rings (SSSR count). The van der Waals surface area contributed by atoms with Gasteiger partial charge in [-0.25, -0.2) is 0 Å². The van der Waals surface area contributed by atoms with Gasteiger partial charge in [-0.2, -0.15) is 0 Å². The molecule has 1 aliphatic carbocycles. The topological polar surface area (TPSA) is 90.5 Å². The van der Waals surface area contributed by atoms with E-state index in [1.165, 1.54) is 31.2 Å². The Hall–Kier alpha value is -2.25. The maximum atomic E-state index is 12.8. The molecule has 3 heterocycles. The summed E-state index contributed by atoms with van der Waals surface area (Å²) in [5.41, 5.74) is 3.01. The molecule has 3 aliphatic heterocycles. The predicted octanol–water partition coefficient (Wildman–Crippen LogP) is 0.822. The highest BCUT2D eigenvalue weighted by Gasteiger charge is 2.42. The summed E-state index contributed by atoms with van der Waals surface area (Å²) in [5.74, 6) is -0.735. The van der Waals surface area contributed by atoms with Gasteiger partial charge >= 0.3 is 0 Å². The van der Waals surface area contributed by atoms with Crippen molar-refractivity contribution in [2.45, 2.75) is 69.2 Å². The molecule has 28 heavy (non-hydrogen) atoms. The normalized spacial score (nSPS) is 31.9. The van der Waals surface area contributed by atoms with Gasteiger partial charge in [0.25, 0.3) is 5.91 Å². The summed E-state index contributed by atoms with van der Waals surface area (Å²) < 4.78 is 0. The van der Waals surface area contributed by atoms with Crippen LogP contribution in [0.25, 0.3) is 0 Å². The first-order valence-corrected chi connectivity index (χ1v) is 10.3. The van der Waals surface area contributed by atoms with Crippen molar-refractivity contribution in [2.24, 2.45) is 0 Å². The maximum Gasteiger partial charge on any atom is 0.255 e. The number of imide groups is 1. The minimum Gasteiger partial charge on any atom is -0.322 e. The Labute approximate surface area is 164 Å². The zero-order valence-corrected chi connectivity index (χ0v) is 15.9. The van der Waals surface area contributed by atoms with E-state index in [0.717, 1.165) is 18.7 Å². The molecule has 7 nitrogen and oxygen atoms in total. The fourth-order valence-corrected chi connectivity index (χ4v) is 5.29. The van der Waals surface area contributed by atoms with Crippen LogP contribution in [0.2, 0.25) is 0 Å². The van der Waals surface area contributed by atoms with Gasteiger partial charge in [0.15, 0.2) is 0 Å². The van der Waals surface area contributed by atoms with Crippen molar-refractivity contribution in [1.82, 2.24) is 20.9 Å². The third-order valence-corrected chi connectivity index (χ3v) is 6.83. The van der Waals surface area contributed by atoms with E-state index in [0.29, 0.717) is 24.6 Å². The quantitative estimate of drug-likeness (QED) is 0.671. The molecule has 3 N–H and O–H groups in total. The first-order valence-electron chi connectivity index (χ1n) is 10.3. The van der Waals surface area contributed by atoms with Gasteiger partial charge in [-0.15, -0.1) is 0 Å². The third kappa shape index (κ3) is 3.02. The van der Waals surface area contributed by atoms with Gasteiger partial charge in [-0.1, -0.05) is 18.6 Å². The molecule has 2 saturated heterocycles. The van der Waals surface area contributed by atoms with E-state index in [1.54, 1.807) is 4.90 Å². The predicted molar refractivity (Wildman–Crippen MR) is 102 cm³/mol. The van der Waals surface area contributed by atoms with E-state index >= 15 is 0 Å². The lowest BCUT2D eigenvalue weighted by Gasteiger charge is -2.33. The van der Waals surface area contributed by atoms with Gasteiger partial charge in [0.1, 0.15) is 6.04 Å². The van der Waals surface area contributed by atoms with E-state index < -0.39 is 6.04 Å². The summed E-state index contributed by atoms with van der Waals surface area (Å²) in [4.78, 5) is 37.9. The maximum absolute atomic E-state index is 12.8. The van der Waals surface area contributed by atoms with Crippen LogP contribution in [-0.2, 0) is 22.7 Å². The van der Waals surface area contributed by atoms with Crippen molar-refractivity contribution in [3.05, 3.63) is 34.9 Å². The number of fused-ring (bicyclic) bond motifs is 3. The lowest BCUT2D eigenvalue weighted by Crippen LogP contribution is -2.52. The molecule has 3 amide bonds. The van der Waals surface area contributed by atoms with Gasteiger partial charge < -0.3 is 15.5 Å². The fraction of sp³-hybridized carbons (Fsp3) is 0.571. The molecular formula is C21H26N4O3. The molecule has 2 bridgehead atoms. The summed E-state index contributed by atoms with van der Waals surface area (Å²) in [6.07, 6.45) is 5.63. The zero-order valence-electron chi connectivity index (χ0n) is 15.9. The van der Waals surface area contributed by atoms with E-state index in [-0.39, 0.29) is 29.7 Å². The number of nitrogens with zero attached hydrogens (tertiary/aromatic N) is 1. The molecule has 1 saturated carbocycles. The molecule has 3 atom stereocenters. The minimum absolute atomic E-state index is 0.113. The van der Waals surface area contributed by atoms with Gasteiger partial charge in [0, 0.05) is 43.2 Å². The first-order chi connectivity index (χ1) is 13.5. The monoisotopic (exact) mass is 382 g/mol. The smallest absolute Gasteiger partial charge is 0.255 e. The van der Waals surface area contributed by atoms with Crippen LogP contribution in [0.15, 0.2) is 18.2 Å². The number of amides is 3. The number of hydrogen-bond donors (Lipinski definition) is 3. The second kappa shape index (κ2) is 6.67. The molecule has 4 aliphatic rings. The molecule has 1 aromatic carbocycles. The van der Waals surface area contributed by atoms with Gasteiger partial charge in [-0.05, 0) is 42.9 Å². The first kappa shape index (κ1) is 17.8. The Morgan fingerprint density at radius 2 is 2.11 bits per heavy atom. The van der Waals surface area contributed by atoms with Gasteiger partial charge in [0.2, 0.25) is 11.8 Å². The van der Waals surface area contributed by atoms with Crippen LogP contribution in [0.4, 0.5) is 0 Å². The zero-order chi connectivity index (χ0) is 19.3. The van der Waals surface area contributed by atoms with Crippen LogP contribution in [0, 0.1) is 0 Å². The lowest BCUT2D eigenvalue weighted by molar-refractivity contribution is -0.136. The second-order valence-corrected chi connectivity index (χ2v) is 8.70. The highest BCUT2D eigenvalue weighted by Crippen LogP contribution is 2.34. The molecule has 0 aromatic heterocycles. The summed E-state index contributed by atoms with van der Waals surface area (Å²) in [7, 11) is 0. The van der Waals surface area contributed by atoms with E-state index in [4.69, 9.17) is 0 Å². The van der Waals surface area contributed by atoms with Crippen LogP contribution in [0.3, 0.4) is 0 Å². The van der Waals surface area contributed by atoms with E-state index in [1.807, 2.05) is 12.1 Å². The Morgan fingerprint density at radius 1 is 1.21 bits per heavy atom. The van der Waals surface area contributed by atoms with Crippen LogP contribution >= 0.6 is 0 Å². The fourth-order valence-electron chi connectivity index (χ4n) is 5.29. The van der Waals surface area contributed by atoms with Crippen LogP contribution < -0.4 is 16.0 Å².